The second-order valence-electron chi connectivity index (χ2n) is 7.72. The smallest absolute Gasteiger partial charge is 0.453 e. The molecule has 0 fully saturated rings. The topological polar surface area (TPSA) is 136 Å². The molecule has 4 rings (SSSR count). The number of nitrogens with one attached hydrogen (secondary N) is 1. The van der Waals surface area contributed by atoms with E-state index in [0.717, 1.165) is 23.6 Å². The number of hydrogen-bond acceptors (Lipinski definition) is 6. The fourth-order valence-corrected chi connectivity index (χ4v) is 3.59. The lowest BCUT2D eigenvalue weighted by Crippen LogP contribution is -2.39. The second-order valence-corrected chi connectivity index (χ2v) is 7.72. The SMILES string of the molecule is CC1(C(=O)O)C(=O)Nc2nc(-c3nc(CCC(F)(F)C(F)(F)F)n4cc(F)ccc34)nc(N)c21. The summed E-state index contributed by atoms with van der Waals surface area (Å²) >= 11 is 0. The number of imidazole rings is 1. The van der Waals surface area contributed by atoms with Gasteiger partial charge in [0, 0.05) is 19.0 Å². The third-order valence-electron chi connectivity index (χ3n) is 5.51. The standard InChI is InChI=1S/C19H14F6N6O3/c1-17(16(33)34)10-12(26)28-14(29-13(10)30-15(17)32)11-8-3-2-7(20)6-31(8)9(27-11)4-5-18(21,22)19(23,24)25/h2-3,6H,4-5H2,1H3,(H,33,34)(H3,26,28,29,30,32). The predicted octanol–water partition coefficient (Wildman–Crippen LogP) is 2.94. The molecule has 0 saturated heterocycles. The molecule has 0 aliphatic carbocycles. The first kappa shape index (κ1) is 23.3. The average Bonchev–Trinajstić information content (AvgIpc) is 3.21. The normalized spacial score (nSPS) is 18.3. The van der Waals surface area contributed by atoms with Gasteiger partial charge in [0.05, 0.1) is 11.1 Å². The van der Waals surface area contributed by atoms with Crippen molar-refractivity contribution in [2.75, 3.05) is 11.1 Å². The van der Waals surface area contributed by atoms with E-state index in [1.54, 1.807) is 0 Å². The van der Waals surface area contributed by atoms with Gasteiger partial charge in [0.25, 0.3) is 0 Å². The largest absolute Gasteiger partial charge is 0.480 e. The Labute approximate surface area is 185 Å². The van der Waals surface area contributed by atoms with Crippen molar-refractivity contribution in [3.8, 4) is 11.5 Å². The van der Waals surface area contributed by atoms with Gasteiger partial charge in [0.15, 0.2) is 11.2 Å². The second kappa shape index (κ2) is 7.30. The molecule has 0 radical (unpaired) electrons. The number of aryl methyl sites for hydroxylation is 1. The van der Waals surface area contributed by atoms with Crippen LogP contribution in [0.4, 0.5) is 38.0 Å². The first-order valence-corrected chi connectivity index (χ1v) is 9.51. The van der Waals surface area contributed by atoms with Crippen molar-refractivity contribution >= 4 is 29.0 Å². The highest BCUT2D eigenvalue weighted by molar-refractivity contribution is 6.19. The van der Waals surface area contributed by atoms with Crippen LogP contribution in [0.2, 0.25) is 0 Å². The van der Waals surface area contributed by atoms with Crippen molar-refractivity contribution in [1.82, 2.24) is 19.4 Å². The number of carbonyl (C=O) groups is 2. The summed E-state index contributed by atoms with van der Waals surface area (Å²) in [6.07, 6.45) is -7.47. The van der Waals surface area contributed by atoms with Gasteiger partial charge in [-0.1, -0.05) is 0 Å². The summed E-state index contributed by atoms with van der Waals surface area (Å²) in [4.78, 5) is 36.0. The zero-order chi connectivity index (χ0) is 25.2. The van der Waals surface area contributed by atoms with Gasteiger partial charge in [-0.25, -0.2) is 19.3 Å². The minimum absolute atomic E-state index is 0.0522. The maximum absolute atomic E-state index is 13.8. The Morgan fingerprint density at radius 1 is 1.21 bits per heavy atom. The van der Waals surface area contributed by atoms with Gasteiger partial charge in [-0.3, -0.25) is 9.59 Å². The number of carboxylic acid groups (broad SMARTS) is 1. The van der Waals surface area contributed by atoms with Crippen LogP contribution in [0.25, 0.3) is 17.0 Å². The molecule has 1 unspecified atom stereocenters. The number of halogens is 6. The fourth-order valence-electron chi connectivity index (χ4n) is 3.59. The number of anilines is 2. The van der Waals surface area contributed by atoms with Crippen LogP contribution in [0.3, 0.4) is 0 Å². The quantitative estimate of drug-likeness (QED) is 0.371. The Kier molecular flexibility index (Phi) is 4.99. The highest BCUT2D eigenvalue weighted by Crippen LogP contribution is 2.42. The number of carbonyl (C=O) groups excluding carboxylic acids is 1. The van der Waals surface area contributed by atoms with Crippen LogP contribution in [0, 0.1) is 5.82 Å². The minimum Gasteiger partial charge on any atom is -0.480 e. The van der Waals surface area contributed by atoms with Gasteiger partial charge >= 0.3 is 18.1 Å². The number of pyridine rings is 1. The van der Waals surface area contributed by atoms with Crippen LogP contribution >= 0.6 is 0 Å². The van der Waals surface area contributed by atoms with Crippen LogP contribution < -0.4 is 11.1 Å². The molecule has 34 heavy (non-hydrogen) atoms. The maximum atomic E-state index is 13.8. The zero-order valence-corrected chi connectivity index (χ0v) is 17.0. The molecular weight excluding hydrogens is 474 g/mol. The lowest BCUT2D eigenvalue weighted by molar-refractivity contribution is -0.284. The van der Waals surface area contributed by atoms with Crippen molar-refractivity contribution in [3.63, 3.8) is 0 Å². The van der Waals surface area contributed by atoms with Crippen LogP contribution in [-0.4, -0.2) is 48.4 Å². The van der Waals surface area contributed by atoms with Crippen LogP contribution in [-0.2, 0) is 21.4 Å². The molecule has 4 N–H and O–H groups in total. The highest BCUT2D eigenvalue weighted by atomic mass is 19.4. The Morgan fingerprint density at radius 3 is 2.50 bits per heavy atom. The van der Waals surface area contributed by atoms with Crippen LogP contribution in [0.15, 0.2) is 18.3 Å². The molecule has 1 amide bonds. The Morgan fingerprint density at radius 2 is 1.88 bits per heavy atom. The van der Waals surface area contributed by atoms with E-state index in [1.807, 2.05) is 0 Å². The summed E-state index contributed by atoms with van der Waals surface area (Å²) in [7, 11) is 0. The molecule has 0 bridgehead atoms. The molecule has 180 valence electrons. The fraction of sp³-hybridized carbons (Fsp3) is 0.316. The lowest BCUT2D eigenvalue weighted by atomic mass is 9.85. The third-order valence-corrected chi connectivity index (χ3v) is 5.51. The van der Waals surface area contributed by atoms with Gasteiger partial charge in [-0.15, -0.1) is 0 Å². The summed E-state index contributed by atoms with van der Waals surface area (Å²) in [6, 6.07) is 2.17. The molecular formula is C19H14F6N6O3. The number of fused-ring (bicyclic) bond motifs is 2. The molecule has 1 aliphatic heterocycles. The summed E-state index contributed by atoms with van der Waals surface area (Å²) in [5, 5.41) is 11.8. The van der Waals surface area contributed by atoms with Crippen molar-refractivity contribution in [2.24, 2.45) is 0 Å². The van der Waals surface area contributed by atoms with E-state index in [2.05, 4.69) is 20.3 Å². The molecule has 0 saturated carbocycles. The van der Waals surface area contributed by atoms with Gasteiger partial charge in [-0.05, 0) is 19.1 Å². The average molecular weight is 488 g/mol. The number of aliphatic carboxylic acids is 1. The number of carboxylic acids is 1. The number of amides is 1. The number of hydrogen-bond donors (Lipinski definition) is 3. The number of rotatable bonds is 5. The zero-order valence-electron chi connectivity index (χ0n) is 17.0. The molecule has 4 heterocycles. The number of nitrogens with two attached hydrogens (primary N) is 1. The monoisotopic (exact) mass is 488 g/mol. The summed E-state index contributed by atoms with van der Waals surface area (Å²) in [5.41, 5.74) is 3.52. The molecule has 1 aliphatic rings. The molecule has 1 atom stereocenters. The Balaban J connectivity index is 1.83. The van der Waals surface area contributed by atoms with E-state index >= 15 is 0 Å². The number of nitrogens with zero attached hydrogens (tertiary/aromatic N) is 4. The Hall–Kier alpha value is -3.91. The van der Waals surface area contributed by atoms with E-state index in [1.165, 1.54) is 6.07 Å². The Bertz CT molecular complexity index is 1350. The van der Waals surface area contributed by atoms with Gasteiger partial charge in [0.2, 0.25) is 5.91 Å². The van der Waals surface area contributed by atoms with Crippen molar-refractivity contribution in [1.29, 1.82) is 0 Å². The summed E-state index contributed by atoms with van der Waals surface area (Å²) < 4.78 is 79.3. The minimum atomic E-state index is -5.78. The molecule has 15 heteroatoms. The molecule has 3 aromatic rings. The van der Waals surface area contributed by atoms with Crippen LogP contribution in [0.1, 0.15) is 24.7 Å². The molecule has 0 aromatic carbocycles. The summed E-state index contributed by atoms with van der Waals surface area (Å²) in [6.45, 7) is 1.10. The molecule has 9 nitrogen and oxygen atoms in total. The summed E-state index contributed by atoms with van der Waals surface area (Å²) in [5.74, 6) is -9.52. The molecule has 3 aromatic heterocycles. The van der Waals surface area contributed by atoms with E-state index in [-0.39, 0.29) is 34.2 Å². The number of aromatic nitrogens is 4. The van der Waals surface area contributed by atoms with Crippen molar-refractivity contribution < 1.29 is 41.0 Å². The van der Waals surface area contributed by atoms with Gasteiger partial charge in [0.1, 0.15) is 29.0 Å². The van der Waals surface area contributed by atoms with Gasteiger partial charge in [-0.2, -0.15) is 22.0 Å². The van der Waals surface area contributed by atoms with Crippen molar-refractivity contribution in [3.05, 3.63) is 35.5 Å². The van der Waals surface area contributed by atoms with Gasteiger partial charge < -0.3 is 20.6 Å². The van der Waals surface area contributed by atoms with E-state index < -0.39 is 53.9 Å². The third kappa shape index (κ3) is 3.38. The predicted molar refractivity (Wildman–Crippen MR) is 104 cm³/mol. The van der Waals surface area contributed by atoms with E-state index in [9.17, 15) is 41.0 Å². The van der Waals surface area contributed by atoms with Crippen molar-refractivity contribution in [2.45, 2.75) is 37.3 Å². The number of alkyl halides is 5. The van der Waals surface area contributed by atoms with E-state index in [4.69, 9.17) is 5.73 Å². The number of nitrogen functional groups attached to an aromatic ring is 1. The van der Waals surface area contributed by atoms with Crippen LogP contribution in [0.5, 0.6) is 0 Å². The molecule has 0 spiro atoms. The van der Waals surface area contributed by atoms with E-state index in [0.29, 0.717) is 0 Å². The first-order chi connectivity index (χ1) is 15.7. The lowest BCUT2D eigenvalue weighted by Gasteiger charge is -2.18. The first-order valence-electron chi connectivity index (χ1n) is 9.51. The maximum Gasteiger partial charge on any atom is 0.453 e. The highest BCUT2D eigenvalue weighted by Gasteiger charge is 2.57.